The van der Waals surface area contributed by atoms with E-state index in [1.165, 1.54) is 11.1 Å². The number of rotatable bonds is 4. The molecule has 3 fully saturated rings. The van der Waals surface area contributed by atoms with Gasteiger partial charge in [0.2, 0.25) is 5.91 Å². The zero-order chi connectivity index (χ0) is 17.4. The molecule has 130 valence electrons. The molecule has 2 bridgehead atoms. The van der Waals surface area contributed by atoms with Crippen molar-refractivity contribution in [3.05, 3.63) is 71.8 Å². The van der Waals surface area contributed by atoms with E-state index in [4.69, 9.17) is 5.73 Å². The second-order valence-electron chi connectivity index (χ2n) is 7.24. The van der Waals surface area contributed by atoms with Gasteiger partial charge in [-0.1, -0.05) is 60.7 Å². The number of piperidine rings is 3. The van der Waals surface area contributed by atoms with Crippen molar-refractivity contribution in [2.75, 3.05) is 13.1 Å². The Morgan fingerprint density at radius 1 is 1.04 bits per heavy atom. The van der Waals surface area contributed by atoms with E-state index >= 15 is 0 Å². The van der Waals surface area contributed by atoms with Crippen molar-refractivity contribution >= 4 is 5.91 Å². The fourth-order valence-electron chi connectivity index (χ4n) is 4.76. The molecule has 3 heterocycles. The lowest BCUT2D eigenvalue weighted by Gasteiger charge is -2.54. The molecule has 3 N–H and O–H groups in total. The minimum Gasteiger partial charge on any atom is -0.391 e. The van der Waals surface area contributed by atoms with E-state index in [0.29, 0.717) is 6.54 Å². The first kappa shape index (κ1) is 16.3. The molecule has 25 heavy (non-hydrogen) atoms. The van der Waals surface area contributed by atoms with E-state index in [1.54, 1.807) is 0 Å². The number of fused-ring (bicyclic) bond motifs is 3. The zero-order valence-electron chi connectivity index (χ0n) is 14.2. The summed E-state index contributed by atoms with van der Waals surface area (Å²) in [4.78, 5) is 14.1. The third-order valence-electron chi connectivity index (χ3n) is 5.93. The van der Waals surface area contributed by atoms with Gasteiger partial charge in [-0.3, -0.25) is 9.69 Å². The highest BCUT2D eigenvalue weighted by atomic mass is 16.3. The quantitative estimate of drug-likeness (QED) is 0.897. The smallest absolute Gasteiger partial charge is 0.222 e. The van der Waals surface area contributed by atoms with Gasteiger partial charge in [0, 0.05) is 24.4 Å². The number of hydrogen-bond acceptors (Lipinski definition) is 3. The van der Waals surface area contributed by atoms with Crippen LogP contribution in [0, 0.1) is 11.8 Å². The number of aliphatic hydroxyl groups excluding tert-OH is 1. The Morgan fingerprint density at radius 2 is 1.60 bits per heavy atom. The second-order valence-corrected chi connectivity index (χ2v) is 7.24. The van der Waals surface area contributed by atoms with Crippen LogP contribution in [-0.2, 0) is 4.79 Å². The molecule has 1 amide bonds. The number of hydrogen-bond donors (Lipinski definition) is 2. The van der Waals surface area contributed by atoms with Gasteiger partial charge in [0.15, 0.2) is 0 Å². The van der Waals surface area contributed by atoms with Gasteiger partial charge >= 0.3 is 0 Å². The fourth-order valence-corrected chi connectivity index (χ4v) is 4.76. The molecule has 4 nitrogen and oxygen atoms in total. The first-order chi connectivity index (χ1) is 12.2. The van der Waals surface area contributed by atoms with Crippen molar-refractivity contribution in [1.82, 2.24) is 4.90 Å². The Labute approximate surface area is 148 Å². The molecule has 0 aromatic heterocycles. The summed E-state index contributed by atoms with van der Waals surface area (Å²) in [5, 5.41) is 11.1. The van der Waals surface area contributed by atoms with Crippen molar-refractivity contribution in [1.29, 1.82) is 0 Å². The van der Waals surface area contributed by atoms with E-state index in [-0.39, 0.29) is 29.7 Å². The zero-order valence-corrected chi connectivity index (χ0v) is 14.2. The first-order valence-corrected chi connectivity index (χ1v) is 8.98. The molecule has 3 aliphatic rings. The van der Waals surface area contributed by atoms with Crippen LogP contribution in [0.25, 0.3) is 0 Å². The van der Waals surface area contributed by atoms with E-state index in [1.807, 2.05) is 36.4 Å². The van der Waals surface area contributed by atoms with Crippen LogP contribution in [0.2, 0.25) is 0 Å². The summed E-state index contributed by atoms with van der Waals surface area (Å²) in [5.74, 6) is -0.494. The summed E-state index contributed by atoms with van der Waals surface area (Å²) in [6, 6.07) is 20.7. The molecule has 0 radical (unpaired) electrons. The second kappa shape index (κ2) is 6.62. The summed E-state index contributed by atoms with van der Waals surface area (Å²) in [6.45, 7) is 1.56. The molecule has 2 aromatic carbocycles. The largest absolute Gasteiger partial charge is 0.391 e. The number of carbonyl (C=O) groups excluding carboxylic acids is 1. The number of nitrogens with two attached hydrogens (primary N) is 1. The van der Waals surface area contributed by atoms with Crippen LogP contribution in [0.3, 0.4) is 0 Å². The van der Waals surface area contributed by atoms with Gasteiger partial charge in [-0.2, -0.15) is 0 Å². The maximum Gasteiger partial charge on any atom is 0.222 e. The third-order valence-corrected chi connectivity index (χ3v) is 5.93. The molecule has 0 spiro atoms. The highest BCUT2D eigenvalue weighted by Gasteiger charge is 2.51. The number of amides is 1. The molecule has 5 atom stereocenters. The van der Waals surface area contributed by atoms with Crippen LogP contribution in [-0.4, -0.2) is 41.1 Å². The van der Waals surface area contributed by atoms with Crippen LogP contribution in [0.15, 0.2) is 60.7 Å². The van der Waals surface area contributed by atoms with Crippen LogP contribution < -0.4 is 5.73 Å². The summed E-state index contributed by atoms with van der Waals surface area (Å²) in [7, 11) is 0. The highest BCUT2D eigenvalue weighted by molar-refractivity contribution is 5.77. The molecular formula is C21H24N2O2. The summed E-state index contributed by atoms with van der Waals surface area (Å²) in [6.07, 6.45) is 0.284. The van der Waals surface area contributed by atoms with Gasteiger partial charge in [0.25, 0.3) is 0 Å². The van der Waals surface area contributed by atoms with Crippen molar-refractivity contribution in [2.45, 2.75) is 24.5 Å². The normalized spacial score (nSPS) is 31.2. The Bertz CT molecular complexity index is 693. The van der Waals surface area contributed by atoms with Gasteiger partial charge in [-0.15, -0.1) is 0 Å². The molecule has 4 heteroatoms. The van der Waals surface area contributed by atoms with Crippen molar-refractivity contribution in [3.8, 4) is 0 Å². The fraction of sp³-hybridized carbons (Fsp3) is 0.381. The summed E-state index contributed by atoms with van der Waals surface area (Å²) >= 11 is 0. The van der Waals surface area contributed by atoms with Gasteiger partial charge in [-0.25, -0.2) is 0 Å². The molecule has 0 saturated carbocycles. The predicted octanol–water partition coefficient (Wildman–Crippen LogP) is 1.99. The summed E-state index contributed by atoms with van der Waals surface area (Å²) in [5.41, 5.74) is 7.97. The first-order valence-electron chi connectivity index (χ1n) is 8.98. The van der Waals surface area contributed by atoms with E-state index < -0.39 is 6.10 Å². The summed E-state index contributed by atoms with van der Waals surface area (Å²) < 4.78 is 0. The van der Waals surface area contributed by atoms with Crippen LogP contribution in [0.1, 0.15) is 23.5 Å². The van der Waals surface area contributed by atoms with Gasteiger partial charge in [0.1, 0.15) is 0 Å². The number of benzene rings is 2. The monoisotopic (exact) mass is 336 g/mol. The average Bonchev–Trinajstić information content (AvgIpc) is 2.66. The molecule has 3 saturated heterocycles. The molecule has 2 aromatic rings. The lowest BCUT2D eigenvalue weighted by atomic mass is 9.68. The van der Waals surface area contributed by atoms with E-state index in [2.05, 4.69) is 29.2 Å². The van der Waals surface area contributed by atoms with Crippen LogP contribution in [0.5, 0.6) is 0 Å². The predicted molar refractivity (Wildman–Crippen MR) is 96.9 cm³/mol. The number of aliphatic hydroxyl groups is 1. The minimum absolute atomic E-state index is 0.0286. The van der Waals surface area contributed by atoms with Crippen LogP contribution >= 0.6 is 0 Å². The minimum atomic E-state index is -0.551. The number of nitrogens with zero attached hydrogens (tertiary/aromatic N) is 1. The Hall–Kier alpha value is -2.17. The lowest BCUT2D eigenvalue weighted by molar-refractivity contribution is -0.144. The Balaban J connectivity index is 1.75. The van der Waals surface area contributed by atoms with E-state index in [0.717, 1.165) is 13.0 Å². The Morgan fingerprint density at radius 3 is 2.08 bits per heavy atom. The molecule has 0 aliphatic carbocycles. The van der Waals surface area contributed by atoms with Gasteiger partial charge in [-0.05, 0) is 24.1 Å². The molecule has 3 aliphatic heterocycles. The topological polar surface area (TPSA) is 66.6 Å². The SMILES string of the molecule is NC(=O)[C@@H]1CN2CC[C@H]1[C@H](O)[C@@H]2C(c1ccccc1)c1ccccc1. The maximum absolute atomic E-state index is 11.8. The van der Waals surface area contributed by atoms with Gasteiger partial charge in [0.05, 0.1) is 12.0 Å². The molecule has 5 rings (SSSR count). The van der Waals surface area contributed by atoms with E-state index in [9.17, 15) is 9.90 Å². The van der Waals surface area contributed by atoms with Crippen molar-refractivity contribution in [3.63, 3.8) is 0 Å². The Kier molecular flexibility index (Phi) is 4.32. The average molecular weight is 336 g/mol. The standard InChI is InChI=1S/C21H24N2O2/c22-21(25)17-13-23-12-11-16(17)20(24)19(23)18(14-7-3-1-4-8-14)15-9-5-2-6-10-15/h1-10,16-20,24H,11-13H2,(H2,22,25)/t16-,17-,19+,20+/m1/s1. The lowest BCUT2D eigenvalue weighted by Crippen LogP contribution is -2.65. The number of carbonyl (C=O) groups is 1. The van der Waals surface area contributed by atoms with Crippen molar-refractivity contribution in [2.24, 2.45) is 17.6 Å². The van der Waals surface area contributed by atoms with Crippen LogP contribution in [0.4, 0.5) is 0 Å². The van der Waals surface area contributed by atoms with Crippen molar-refractivity contribution < 1.29 is 9.90 Å². The molecular weight excluding hydrogens is 312 g/mol. The van der Waals surface area contributed by atoms with Gasteiger partial charge < -0.3 is 10.8 Å². The number of primary amides is 1. The molecule has 1 unspecified atom stereocenters. The highest BCUT2D eigenvalue weighted by Crippen LogP contribution is 2.43. The maximum atomic E-state index is 11.8. The third kappa shape index (κ3) is 2.86.